The first-order valence-corrected chi connectivity index (χ1v) is 11.9. The van der Waals surface area contributed by atoms with Gasteiger partial charge < -0.3 is 5.11 Å². The molecule has 162 valence electrons. The molecule has 3 heterocycles. The van der Waals surface area contributed by atoms with E-state index in [4.69, 9.17) is 0 Å². The van der Waals surface area contributed by atoms with Gasteiger partial charge in [0.2, 0.25) is 0 Å². The minimum atomic E-state index is -0.260. The second-order valence-corrected chi connectivity index (χ2v) is 9.63. The molecule has 5 aromatic rings. The maximum atomic E-state index is 13.4. The highest BCUT2D eigenvalue weighted by molar-refractivity contribution is 7.19. The number of aliphatic hydroxyl groups excluding tert-OH is 1. The molecular weight excluding hydrogens is 452 g/mol. The molecule has 3 aromatic heterocycles. The summed E-state index contributed by atoms with van der Waals surface area (Å²) < 4.78 is 2.26. The minimum absolute atomic E-state index is 0.0584. The maximum absolute atomic E-state index is 13.4. The van der Waals surface area contributed by atoms with E-state index in [2.05, 4.69) is 16.0 Å². The van der Waals surface area contributed by atoms with Crippen molar-refractivity contribution in [3.05, 3.63) is 86.4 Å². The average Bonchev–Trinajstić information content (AvgIpc) is 3.41. The summed E-state index contributed by atoms with van der Waals surface area (Å²) in [6.45, 7) is 3.89. The fraction of sp³-hybridized carbons (Fsp3) is 0.120. The van der Waals surface area contributed by atoms with Gasteiger partial charge in [-0.2, -0.15) is 5.26 Å². The van der Waals surface area contributed by atoms with Gasteiger partial charge in [0, 0.05) is 10.9 Å². The molecule has 0 amide bonds. The number of aliphatic hydroxyl groups is 1. The van der Waals surface area contributed by atoms with Gasteiger partial charge in [0.1, 0.15) is 27.2 Å². The van der Waals surface area contributed by atoms with Crippen LogP contribution in [0.2, 0.25) is 0 Å². The van der Waals surface area contributed by atoms with E-state index in [1.54, 1.807) is 0 Å². The summed E-state index contributed by atoms with van der Waals surface area (Å²) in [5.41, 5.74) is 4.60. The van der Waals surface area contributed by atoms with Crippen molar-refractivity contribution in [1.29, 1.82) is 5.26 Å². The van der Waals surface area contributed by atoms with Gasteiger partial charge in [-0.1, -0.05) is 35.9 Å². The van der Waals surface area contributed by atoms with Crippen molar-refractivity contribution >= 4 is 48.7 Å². The third-order valence-electron chi connectivity index (χ3n) is 5.46. The van der Waals surface area contributed by atoms with Crippen molar-refractivity contribution in [3.8, 4) is 17.2 Å². The summed E-state index contributed by atoms with van der Waals surface area (Å²) in [6, 6.07) is 15.7. The normalized spacial score (nSPS) is 12.2. The molecular formula is C25H18N4O2S2. The van der Waals surface area contributed by atoms with Crippen LogP contribution < -0.4 is 5.56 Å². The van der Waals surface area contributed by atoms with Gasteiger partial charge in [0.05, 0.1) is 28.5 Å². The standard InChI is InChI=1S/C25H18N4O2S2/c1-14-7-8-16(15(2)9-14)18-12-32-24-22(18)25(31)29(13-27-24)11-20(30)17(10-26)23-28-19-5-3-4-6-21(19)33-23/h3-9,12-13,30H,11H2,1-2H3/b20-17-. The van der Waals surface area contributed by atoms with Crippen LogP contribution in [0.1, 0.15) is 16.1 Å². The van der Waals surface area contributed by atoms with Crippen LogP contribution in [0.5, 0.6) is 0 Å². The highest BCUT2D eigenvalue weighted by atomic mass is 32.1. The van der Waals surface area contributed by atoms with Crippen molar-refractivity contribution in [2.24, 2.45) is 0 Å². The average molecular weight is 471 g/mol. The predicted molar refractivity (Wildman–Crippen MR) is 134 cm³/mol. The second kappa shape index (κ2) is 8.28. The lowest BCUT2D eigenvalue weighted by Crippen LogP contribution is -2.21. The molecule has 8 heteroatoms. The molecule has 0 unspecified atom stereocenters. The lowest BCUT2D eigenvalue weighted by molar-refractivity contribution is 0.376. The zero-order valence-corrected chi connectivity index (χ0v) is 19.5. The molecule has 0 aliphatic carbocycles. The predicted octanol–water partition coefficient (Wildman–Crippen LogP) is 5.84. The molecule has 0 saturated carbocycles. The molecule has 0 spiro atoms. The number of benzene rings is 2. The summed E-state index contributed by atoms with van der Waals surface area (Å²) in [5, 5.41) is 23.4. The van der Waals surface area contributed by atoms with Crippen molar-refractivity contribution in [3.63, 3.8) is 0 Å². The van der Waals surface area contributed by atoms with Gasteiger partial charge in [0.25, 0.3) is 5.56 Å². The van der Waals surface area contributed by atoms with Crippen LogP contribution >= 0.6 is 22.7 Å². The summed E-state index contributed by atoms with van der Waals surface area (Å²) in [6.07, 6.45) is 1.41. The van der Waals surface area contributed by atoms with Gasteiger partial charge >= 0.3 is 0 Å². The van der Waals surface area contributed by atoms with Crippen molar-refractivity contribution < 1.29 is 5.11 Å². The molecule has 6 nitrogen and oxygen atoms in total. The lowest BCUT2D eigenvalue weighted by Gasteiger charge is -2.08. The number of aromatic nitrogens is 3. The summed E-state index contributed by atoms with van der Waals surface area (Å²) in [7, 11) is 0. The number of nitriles is 1. The van der Waals surface area contributed by atoms with E-state index in [1.165, 1.54) is 33.6 Å². The van der Waals surface area contributed by atoms with Crippen LogP contribution in [-0.2, 0) is 6.54 Å². The van der Waals surface area contributed by atoms with E-state index in [0.29, 0.717) is 15.2 Å². The molecule has 0 aliphatic rings. The first-order valence-electron chi connectivity index (χ1n) is 10.2. The Kier molecular flexibility index (Phi) is 5.29. The number of thiophene rings is 1. The zero-order chi connectivity index (χ0) is 23.1. The zero-order valence-electron chi connectivity index (χ0n) is 17.9. The summed E-state index contributed by atoms with van der Waals surface area (Å²) in [5.74, 6) is -0.219. The van der Waals surface area contributed by atoms with Gasteiger partial charge in [-0.3, -0.25) is 9.36 Å². The van der Waals surface area contributed by atoms with Crippen LogP contribution in [-0.4, -0.2) is 19.6 Å². The first kappa shape index (κ1) is 21.1. The number of nitrogens with zero attached hydrogens (tertiary/aromatic N) is 4. The van der Waals surface area contributed by atoms with Crippen LogP contribution in [0.4, 0.5) is 0 Å². The molecule has 5 rings (SSSR count). The van der Waals surface area contributed by atoms with Crippen LogP contribution in [0.15, 0.2) is 64.7 Å². The minimum Gasteiger partial charge on any atom is -0.509 e. The molecule has 33 heavy (non-hydrogen) atoms. The van der Waals surface area contributed by atoms with E-state index in [1.807, 2.05) is 61.7 Å². The molecule has 0 radical (unpaired) electrons. The van der Waals surface area contributed by atoms with Crippen molar-refractivity contribution in [2.75, 3.05) is 0 Å². The van der Waals surface area contributed by atoms with Crippen molar-refractivity contribution in [2.45, 2.75) is 20.4 Å². The molecule has 1 N–H and O–H groups in total. The smallest absolute Gasteiger partial charge is 0.263 e. The van der Waals surface area contributed by atoms with Gasteiger partial charge in [-0.25, -0.2) is 9.97 Å². The van der Waals surface area contributed by atoms with Crippen LogP contribution in [0.25, 0.3) is 37.1 Å². The summed E-state index contributed by atoms with van der Waals surface area (Å²) >= 11 is 2.74. The molecule has 0 bridgehead atoms. The number of aryl methyl sites for hydroxylation is 2. The van der Waals surface area contributed by atoms with E-state index < -0.39 is 0 Å². The Hall–Kier alpha value is -3.80. The van der Waals surface area contributed by atoms with Gasteiger partial charge in [-0.15, -0.1) is 22.7 Å². The number of rotatable bonds is 4. The highest BCUT2D eigenvalue weighted by Gasteiger charge is 2.18. The third kappa shape index (κ3) is 3.71. The van der Waals surface area contributed by atoms with E-state index in [9.17, 15) is 15.2 Å². The lowest BCUT2D eigenvalue weighted by atomic mass is 9.99. The van der Waals surface area contributed by atoms with Crippen LogP contribution in [0, 0.1) is 25.2 Å². The molecule has 0 aliphatic heterocycles. The monoisotopic (exact) mass is 470 g/mol. The number of para-hydroxylation sites is 1. The Bertz CT molecular complexity index is 1630. The Morgan fingerprint density at radius 3 is 2.76 bits per heavy atom. The molecule has 2 aromatic carbocycles. The number of allylic oxidation sites excluding steroid dienone is 2. The van der Waals surface area contributed by atoms with E-state index in [0.717, 1.165) is 32.5 Å². The fourth-order valence-electron chi connectivity index (χ4n) is 3.85. The van der Waals surface area contributed by atoms with Crippen molar-refractivity contribution in [1.82, 2.24) is 14.5 Å². The first-order chi connectivity index (χ1) is 16.0. The Labute approximate surface area is 197 Å². The number of hydrogen-bond donors (Lipinski definition) is 1. The number of fused-ring (bicyclic) bond motifs is 2. The number of hydrogen-bond acceptors (Lipinski definition) is 7. The topological polar surface area (TPSA) is 91.8 Å². The Morgan fingerprint density at radius 2 is 2.00 bits per heavy atom. The third-order valence-corrected chi connectivity index (χ3v) is 7.40. The highest BCUT2D eigenvalue weighted by Crippen LogP contribution is 2.33. The van der Waals surface area contributed by atoms with Gasteiger partial charge in [-0.05, 0) is 37.1 Å². The molecule has 0 atom stereocenters. The van der Waals surface area contributed by atoms with Gasteiger partial charge in [0.15, 0.2) is 0 Å². The largest absolute Gasteiger partial charge is 0.509 e. The molecule has 0 saturated heterocycles. The molecule has 0 fully saturated rings. The fourth-order valence-corrected chi connectivity index (χ4v) is 5.73. The Morgan fingerprint density at radius 1 is 1.18 bits per heavy atom. The van der Waals surface area contributed by atoms with E-state index >= 15 is 0 Å². The van der Waals surface area contributed by atoms with E-state index in [-0.39, 0.29) is 23.4 Å². The maximum Gasteiger partial charge on any atom is 0.263 e. The Balaban J connectivity index is 1.59. The van der Waals surface area contributed by atoms with Crippen LogP contribution in [0.3, 0.4) is 0 Å². The number of thiazole rings is 1. The quantitative estimate of drug-likeness (QED) is 0.263. The summed E-state index contributed by atoms with van der Waals surface area (Å²) in [4.78, 5) is 22.9. The SMILES string of the molecule is Cc1ccc(-c2csc3ncn(C/C(O)=C(\C#N)c4nc5ccccc5s4)c(=O)c23)c(C)c1. The second-order valence-electron chi connectivity index (χ2n) is 7.75.